The summed E-state index contributed by atoms with van der Waals surface area (Å²) in [7, 11) is -2.43. The first-order valence-electron chi connectivity index (χ1n) is 10.6. The molecule has 0 unspecified atom stereocenters. The minimum absolute atomic E-state index is 0.0231. The second-order valence-corrected chi connectivity index (χ2v) is 15.5. The van der Waals surface area contributed by atoms with Crippen LogP contribution in [0.25, 0.3) is 0 Å². The Labute approximate surface area is 201 Å². The number of benzene rings is 1. The lowest BCUT2D eigenvalue weighted by atomic mass is 10.1. The Hall–Kier alpha value is -1.92. The summed E-state index contributed by atoms with van der Waals surface area (Å²) in [6.07, 6.45) is -2.27. The number of rotatable bonds is 6. The largest absolute Gasteiger partial charge is 0.407 e. The first kappa shape index (κ1) is 25.7. The van der Waals surface area contributed by atoms with Gasteiger partial charge in [0.25, 0.3) is 5.91 Å². The summed E-state index contributed by atoms with van der Waals surface area (Å²) >= 11 is 3.07. The zero-order valence-corrected chi connectivity index (χ0v) is 21.8. The number of aromatic nitrogens is 2. The minimum Gasteiger partial charge on any atom is -0.407 e. The lowest BCUT2D eigenvalue weighted by Gasteiger charge is -2.40. The van der Waals surface area contributed by atoms with Gasteiger partial charge >= 0.3 is 5.69 Å². The summed E-state index contributed by atoms with van der Waals surface area (Å²) in [5.74, 6) is -0.407. The normalized spacial score (nSPS) is 25.8. The topological polar surface area (TPSA) is 103 Å². The maximum Gasteiger partial charge on any atom is 0.351 e. The summed E-state index contributed by atoms with van der Waals surface area (Å²) < 4.78 is 26.6. The fourth-order valence-corrected chi connectivity index (χ4v) is 5.39. The van der Waals surface area contributed by atoms with Gasteiger partial charge in [-0.15, -0.1) is 0 Å². The SMILES string of the molecule is CC(C)(C)[Si](C)(C)O[C@@H]1[C@@H](CO)O[C@@H](n2ccc(NC(=O)c3ccccc3)nc2=O)[C@@]1(F)Br. The lowest BCUT2D eigenvalue weighted by molar-refractivity contribution is -0.0496. The van der Waals surface area contributed by atoms with Gasteiger partial charge in [-0.25, -0.2) is 9.18 Å². The minimum atomic E-state index is -2.43. The third-order valence-electron chi connectivity index (χ3n) is 6.12. The predicted molar refractivity (Wildman–Crippen MR) is 129 cm³/mol. The molecule has 4 atom stereocenters. The lowest BCUT2D eigenvalue weighted by Crippen LogP contribution is -2.51. The van der Waals surface area contributed by atoms with E-state index >= 15 is 4.39 Å². The number of amides is 1. The van der Waals surface area contributed by atoms with Crippen molar-refractivity contribution < 1.29 is 23.5 Å². The molecule has 33 heavy (non-hydrogen) atoms. The summed E-state index contributed by atoms with van der Waals surface area (Å²) in [5.41, 5.74) is -0.417. The van der Waals surface area contributed by atoms with E-state index in [1.807, 2.05) is 33.9 Å². The van der Waals surface area contributed by atoms with E-state index in [-0.39, 0.29) is 10.9 Å². The van der Waals surface area contributed by atoms with Crippen molar-refractivity contribution in [1.29, 1.82) is 0 Å². The van der Waals surface area contributed by atoms with Crippen molar-refractivity contribution in [2.24, 2.45) is 0 Å². The van der Waals surface area contributed by atoms with E-state index in [0.29, 0.717) is 5.56 Å². The molecule has 1 aromatic carbocycles. The summed E-state index contributed by atoms with van der Waals surface area (Å²) in [6, 6.07) is 9.85. The Morgan fingerprint density at radius 3 is 2.52 bits per heavy atom. The van der Waals surface area contributed by atoms with Crippen LogP contribution in [0.2, 0.25) is 18.1 Å². The third kappa shape index (κ3) is 5.27. The van der Waals surface area contributed by atoms with Crippen LogP contribution in [-0.2, 0) is 9.16 Å². The van der Waals surface area contributed by atoms with Crippen LogP contribution >= 0.6 is 15.9 Å². The van der Waals surface area contributed by atoms with Gasteiger partial charge in [-0.05, 0) is 52.3 Å². The Balaban J connectivity index is 1.85. The molecule has 0 aliphatic carbocycles. The highest BCUT2D eigenvalue weighted by atomic mass is 79.9. The summed E-state index contributed by atoms with van der Waals surface area (Å²) in [5, 5.41) is 12.2. The molecule has 2 heterocycles. The van der Waals surface area contributed by atoms with Crippen molar-refractivity contribution in [3.8, 4) is 0 Å². The van der Waals surface area contributed by atoms with Crippen LogP contribution in [0.4, 0.5) is 10.2 Å². The number of aliphatic hydroxyl groups is 1. The standard InChI is InChI=1S/C22H29BrFN3O5Si/c1-21(2,3)33(4,5)32-17-15(13-28)31-19(22(17,23)24)27-12-11-16(26-20(27)30)25-18(29)14-9-7-6-8-10-14/h6-12,15,17,19,28H,13H2,1-5H3,(H,25,26,29,30)/t15-,17-,19-,22-/m1/s1. The first-order chi connectivity index (χ1) is 15.3. The second-order valence-electron chi connectivity index (χ2n) is 9.51. The van der Waals surface area contributed by atoms with Crippen LogP contribution in [-0.4, -0.2) is 52.3 Å². The van der Waals surface area contributed by atoms with Crippen LogP contribution < -0.4 is 11.0 Å². The molecule has 2 N–H and O–H groups in total. The van der Waals surface area contributed by atoms with Crippen LogP contribution in [0.1, 0.15) is 37.4 Å². The zero-order valence-electron chi connectivity index (χ0n) is 19.2. The summed E-state index contributed by atoms with van der Waals surface area (Å²) in [4.78, 5) is 28.9. The van der Waals surface area contributed by atoms with Gasteiger partial charge in [-0.3, -0.25) is 9.36 Å². The smallest absolute Gasteiger partial charge is 0.351 e. The molecule has 8 nitrogen and oxygen atoms in total. The molecular formula is C22H29BrFN3O5Si. The van der Waals surface area contributed by atoms with Gasteiger partial charge in [0.05, 0.1) is 6.61 Å². The van der Waals surface area contributed by atoms with Crippen LogP contribution in [0.3, 0.4) is 0 Å². The highest BCUT2D eigenvalue weighted by molar-refractivity contribution is 9.10. The van der Waals surface area contributed by atoms with E-state index in [1.165, 1.54) is 12.3 Å². The molecule has 1 aromatic heterocycles. The molecule has 0 saturated carbocycles. The first-order valence-corrected chi connectivity index (χ1v) is 14.3. The molecule has 3 rings (SSSR count). The number of halogens is 2. The summed E-state index contributed by atoms with van der Waals surface area (Å²) in [6.45, 7) is 9.51. The van der Waals surface area contributed by atoms with Gasteiger partial charge in [0.2, 0.25) is 4.58 Å². The highest BCUT2D eigenvalue weighted by Gasteiger charge is 2.60. The molecular weight excluding hydrogens is 513 g/mol. The van der Waals surface area contributed by atoms with Crippen LogP contribution in [0.5, 0.6) is 0 Å². The zero-order chi connectivity index (χ0) is 24.6. The van der Waals surface area contributed by atoms with E-state index in [0.717, 1.165) is 4.57 Å². The average molecular weight is 542 g/mol. The van der Waals surface area contributed by atoms with Crippen LogP contribution in [0.15, 0.2) is 47.4 Å². The van der Waals surface area contributed by atoms with Gasteiger partial charge in [-0.2, -0.15) is 4.98 Å². The van der Waals surface area contributed by atoms with E-state index in [9.17, 15) is 14.7 Å². The molecule has 1 saturated heterocycles. The number of nitrogens with zero attached hydrogens (tertiary/aromatic N) is 2. The van der Waals surface area contributed by atoms with Crippen molar-refractivity contribution >= 4 is 36.0 Å². The molecule has 180 valence electrons. The molecule has 2 aromatic rings. The van der Waals surface area contributed by atoms with Gasteiger partial charge in [0.15, 0.2) is 14.5 Å². The second kappa shape index (κ2) is 9.38. The molecule has 1 amide bonds. The molecule has 0 radical (unpaired) electrons. The van der Waals surface area contributed by atoms with Crippen LogP contribution in [0, 0.1) is 0 Å². The Morgan fingerprint density at radius 1 is 1.33 bits per heavy atom. The molecule has 0 spiro atoms. The van der Waals surface area contributed by atoms with Gasteiger partial charge in [0.1, 0.15) is 18.0 Å². The molecule has 1 fully saturated rings. The van der Waals surface area contributed by atoms with E-state index in [2.05, 4.69) is 26.2 Å². The average Bonchev–Trinajstić information content (AvgIpc) is 2.97. The van der Waals surface area contributed by atoms with Crippen molar-refractivity contribution in [3.05, 3.63) is 58.6 Å². The highest BCUT2D eigenvalue weighted by Crippen LogP contribution is 2.50. The molecule has 1 aliphatic heterocycles. The van der Waals surface area contributed by atoms with Crippen molar-refractivity contribution in [2.45, 2.75) is 61.9 Å². The molecule has 1 aliphatic rings. The Morgan fingerprint density at radius 2 is 1.97 bits per heavy atom. The van der Waals surface area contributed by atoms with Crippen molar-refractivity contribution in [3.63, 3.8) is 0 Å². The third-order valence-corrected chi connectivity index (χ3v) is 11.4. The molecule has 0 bridgehead atoms. The van der Waals surface area contributed by atoms with Crippen molar-refractivity contribution in [1.82, 2.24) is 9.55 Å². The van der Waals surface area contributed by atoms with E-state index < -0.39 is 49.5 Å². The fourth-order valence-electron chi connectivity index (χ4n) is 3.19. The maximum atomic E-state index is 16.0. The fraction of sp³-hybridized carbons (Fsp3) is 0.500. The number of nitrogens with one attached hydrogen (secondary N) is 1. The number of hydrogen-bond donors (Lipinski definition) is 2. The van der Waals surface area contributed by atoms with Crippen molar-refractivity contribution in [2.75, 3.05) is 11.9 Å². The number of hydrogen-bond acceptors (Lipinski definition) is 6. The number of alkyl halides is 2. The number of anilines is 1. The molecule has 11 heteroatoms. The number of ether oxygens (including phenoxy) is 1. The number of aliphatic hydroxyl groups excluding tert-OH is 1. The Kier molecular flexibility index (Phi) is 7.30. The van der Waals surface area contributed by atoms with Gasteiger partial charge in [-0.1, -0.05) is 39.0 Å². The number of carbonyl (C=O) groups excluding carboxylic acids is 1. The quantitative estimate of drug-likeness (QED) is 0.425. The van der Waals surface area contributed by atoms with E-state index in [1.54, 1.807) is 30.3 Å². The maximum absolute atomic E-state index is 16.0. The van der Waals surface area contributed by atoms with Gasteiger partial charge < -0.3 is 19.6 Å². The Bertz CT molecular complexity index is 1060. The number of carbonyl (C=O) groups is 1. The predicted octanol–water partition coefficient (Wildman–Crippen LogP) is 3.84. The van der Waals surface area contributed by atoms with E-state index in [4.69, 9.17) is 9.16 Å². The monoisotopic (exact) mass is 541 g/mol. The van der Waals surface area contributed by atoms with Gasteiger partial charge in [0, 0.05) is 11.8 Å².